The first-order chi connectivity index (χ1) is 8.37. The van der Waals surface area contributed by atoms with Crippen molar-refractivity contribution in [1.29, 1.82) is 0 Å². The Balaban J connectivity index is 2.06. The third kappa shape index (κ3) is 1.92. The van der Waals surface area contributed by atoms with Crippen molar-refractivity contribution in [3.8, 4) is 0 Å². The van der Waals surface area contributed by atoms with Gasteiger partial charge in [0.15, 0.2) is 0 Å². The van der Waals surface area contributed by atoms with Gasteiger partial charge in [-0.05, 0) is 20.3 Å². The van der Waals surface area contributed by atoms with Gasteiger partial charge in [0.1, 0.15) is 0 Å². The number of nitrogens with zero attached hydrogens (tertiary/aromatic N) is 1. The molecule has 1 amide bonds. The molecule has 0 bridgehead atoms. The Bertz CT molecular complexity index is 445. The third-order valence-electron chi connectivity index (χ3n) is 4.12. The molecular weight excluding hydrogens is 230 g/mol. The van der Waals surface area contributed by atoms with E-state index in [1.165, 1.54) is 0 Å². The van der Waals surface area contributed by atoms with E-state index in [1.807, 2.05) is 13.8 Å². The van der Waals surface area contributed by atoms with Crippen LogP contribution in [0.15, 0.2) is 0 Å². The predicted molar refractivity (Wildman–Crippen MR) is 68.5 cm³/mol. The van der Waals surface area contributed by atoms with Crippen LogP contribution in [0.1, 0.15) is 42.0 Å². The van der Waals surface area contributed by atoms with E-state index in [1.54, 1.807) is 7.11 Å². The first-order valence-corrected chi connectivity index (χ1v) is 6.23. The quantitative estimate of drug-likeness (QED) is 0.857. The Morgan fingerprint density at radius 1 is 1.50 bits per heavy atom. The first-order valence-electron chi connectivity index (χ1n) is 6.23. The van der Waals surface area contributed by atoms with Crippen LogP contribution in [0.25, 0.3) is 0 Å². The van der Waals surface area contributed by atoms with Crippen molar-refractivity contribution < 1.29 is 9.53 Å². The zero-order valence-corrected chi connectivity index (χ0v) is 11.6. The highest BCUT2D eigenvalue weighted by atomic mass is 16.5. The highest BCUT2D eigenvalue weighted by Crippen LogP contribution is 2.42. The average Bonchev–Trinajstić information content (AvgIpc) is 2.63. The summed E-state index contributed by atoms with van der Waals surface area (Å²) in [5.74, 6) is -0.0496. The maximum Gasteiger partial charge on any atom is 0.255 e. The maximum atomic E-state index is 12.2. The lowest BCUT2D eigenvalue weighted by Gasteiger charge is -2.51. The molecule has 1 aliphatic carbocycles. The first kappa shape index (κ1) is 13.1. The summed E-state index contributed by atoms with van der Waals surface area (Å²) in [4.78, 5) is 12.2. The third-order valence-corrected chi connectivity index (χ3v) is 4.12. The minimum Gasteiger partial charge on any atom is -0.381 e. The molecule has 1 heterocycles. The summed E-state index contributed by atoms with van der Waals surface area (Å²) in [7, 11) is 1.72. The number of H-pyrrole nitrogens is 1. The molecule has 0 radical (unpaired) electrons. The largest absolute Gasteiger partial charge is 0.381 e. The Labute approximate surface area is 107 Å². The van der Waals surface area contributed by atoms with Gasteiger partial charge in [-0.15, -0.1) is 0 Å². The highest BCUT2D eigenvalue weighted by Gasteiger charge is 2.49. The molecule has 2 rings (SSSR count). The van der Waals surface area contributed by atoms with Crippen molar-refractivity contribution >= 4 is 5.91 Å². The number of methoxy groups -OCH3 is 1. The second-order valence-corrected chi connectivity index (χ2v) is 5.62. The fraction of sp³-hybridized carbons (Fsp3) is 0.692. The van der Waals surface area contributed by atoms with E-state index in [2.05, 4.69) is 29.4 Å². The van der Waals surface area contributed by atoms with E-state index >= 15 is 0 Å². The van der Waals surface area contributed by atoms with Crippen LogP contribution in [-0.4, -0.2) is 35.4 Å². The number of aromatic amines is 1. The molecule has 18 heavy (non-hydrogen) atoms. The van der Waals surface area contributed by atoms with Crippen LogP contribution in [-0.2, 0) is 4.74 Å². The Morgan fingerprint density at radius 3 is 2.61 bits per heavy atom. The number of carbonyl (C=O) groups is 1. The molecule has 2 unspecified atom stereocenters. The molecule has 100 valence electrons. The van der Waals surface area contributed by atoms with Crippen LogP contribution < -0.4 is 5.32 Å². The van der Waals surface area contributed by atoms with Crippen LogP contribution in [0.2, 0.25) is 0 Å². The Kier molecular flexibility index (Phi) is 3.19. The monoisotopic (exact) mass is 251 g/mol. The number of amides is 1. The highest BCUT2D eigenvalue weighted by molar-refractivity contribution is 5.96. The Hall–Kier alpha value is -1.36. The van der Waals surface area contributed by atoms with Gasteiger partial charge in [-0.25, -0.2) is 0 Å². The van der Waals surface area contributed by atoms with Crippen LogP contribution in [0, 0.1) is 19.3 Å². The standard InChI is InChI=1S/C13H21N3O2/c1-7-11(8(2)16-15-7)12(17)14-9-6-10(18-5)13(9,3)4/h9-10H,6H2,1-5H3,(H,14,17)(H,15,16). The molecule has 0 aliphatic heterocycles. The van der Waals surface area contributed by atoms with Crippen molar-refractivity contribution in [3.05, 3.63) is 17.0 Å². The number of carbonyl (C=O) groups excluding carboxylic acids is 1. The second-order valence-electron chi connectivity index (χ2n) is 5.62. The molecule has 1 aliphatic rings. The number of nitrogens with one attached hydrogen (secondary N) is 2. The minimum atomic E-state index is -0.0496. The van der Waals surface area contributed by atoms with Crippen LogP contribution in [0.4, 0.5) is 0 Å². The van der Waals surface area contributed by atoms with Gasteiger partial charge in [0.05, 0.1) is 17.4 Å². The Morgan fingerprint density at radius 2 is 2.17 bits per heavy atom. The lowest BCUT2D eigenvalue weighted by Crippen LogP contribution is -2.61. The molecule has 5 heteroatoms. The van der Waals surface area contributed by atoms with Crippen LogP contribution in [0.5, 0.6) is 0 Å². The summed E-state index contributed by atoms with van der Waals surface area (Å²) in [5.41, 5.74) is 2.19. The molecule has 1 saturated carbocycles. The summed E-state index contributed by atoms with van der Waals surface area (Å²) in [6, 6.07) is 0.156. The molecule has 5 nitrogen and oxygen atoms in total. The number of aromatic nitrogens is 2. The van der Waals surface area contributed by atoms with Gasteiger partial charge in [0, 0.05) is 24.3 Å². The zero-order valence-electron chi connectivity index (χ0n) is 11.6. The molecule has 1 aromatic heterocycles. The lowest BCUT2D eigenvalue weighted by atomic mass is 9.64. The van der Waals surface area contributed by atoms with E-state index < -0.39 is 0 Å². The van der Waals surface area contributed by atoms with Crippen molar-refractivity contribution in [3.63, 3.8) is 0 Å². The molecule has 0 saturated heterocycles. The summed E-state index contributed by atoms with van der Waals surface area (Å²) in [6.07, 6.45) is 1.08. The second kappa shape index (κ2) is 4.39. The van der Waals surface area contributed by atoms with Crippen molar-refractivity contribution in [1.82, 2.24) is 15.5 Å². The zero-order chi connectivity index (χ0) is 13.5. The van der Waals surface area contributed by atoms with Gasteiger partial charge < -0.3 is 10.1 Å². The maximum absolute atomic E-state index is 12.2. The van der Waals surface area contributed by atoms with E-state index in [9.17, 15) is 4.79 Å². The topological polar surface area (TPSA) is 67.0 Å². The predicted octanol–water partition coefficient (Wildman–Crippen LogP) is 1.57. The minimum absolute atomic E-state index is 0.0179. The van der Waals surface area contributed by atoms with Gasteiger partial charge >= 0.3 is 0 Å². The summed E-state index contributed by atoms with van der Waals surface area (Å²) < 4.78 is 5.38. The lowest BCUT2D eigenvalue weighted by molar-refractivity contribution is -0.0942. The van der Waals surface area contributed by atoms with E-state index in [0.717, 1.165) is 17.8 Å². The number of hydrogen-bond donors (Lipinski definition) is 2. The number of aryl methyl sites for hydroxylation is 2. The van der Waals surface area contributed by atoms with Gasteiger partial charge in [0.2, 0.25) is 0 Å². The van der Waals surface area contributed by atoms with Crippen LogP contribution >= 0.6 is 0 Å². The summed E-state index contributed by atoms with van der Waals surface area (Å²) in [6.45, 7) is 7.93. The van der Waals surface area contributed by atoms with Crippen molar-refractivity contribution in [2.24, 2.45) is 5.41 Å². The van der Waals surface area contributed by atoms with Gasteiger partial charge in [-0.2, -0.15) is 5.10 Å². The normalized spacial score (nSPS) is 25.6. The van der Waals surface area contributed by atoms with Crippen molar-refractivity contribution in [2.45, 2.75) is 46.3 Å². The van der Waals surface area contributed by atoms with Crippen LogP contribution in [0.3, 0.4) is 0 Å². The summed E-state index contributed by atoms with van der Waals surface area (Å²) in [5, 5.41) is 9.95. The molecule has 0 aromatic carbocycles. The van der Waals surface area contributed by atoms with Crippen molar-refractivity contribution in [2.75, 3.05) is 7.11 Å². The molecule has 1 aromatic rings. The summed E-state index contributed by atoms with van der Waals surface area (Å²) >= 11 is 0. The molecule has 2 N–H and O–H groups in total. The van der Waals surface area contributed by atoms with Gasteiger partial charge in [-0.3, -0.25) is 9.89 Å². The molecule has 0 spiro atoms. The number of hydrogen-bond acceptors (Lipinski definition) is 3. The fourth-order valence-corrected chi connectivity index (χ4v) is 2.65. The van der Waals surface area contributed by atoms with E-state index in [0.29, 0.717) is 5.56 Å². The number of ether oxygens (including phenoxy) is 1. The van der Waals surface area contributed by atoms with Gasteiger partial charge in [-0.1, -0.05) is 13.8 Å². The SMILES string of the molecule is COC1CC(NC(=O)c2c(C)n[nH]c2C)C1(C)C. The molecule has 2 atom stereocenters. The van der Waals surface area contributed by atoms with E-state index in [4.69, 9.17) is 4.74 Å². The fourth-order valence-electron chi connectivity index (χ4n) is 2.65. The number of rotatable bonds is 3. The average molecular weight is 251 g/mol. The van der Waals surface area contributed by atoms with Gasteiger partial charge in [0.25, 0.3) is 5.91 Å². The smallest absolute Gasteiger partial charge is 0.255 e. The van der Waals surface area contributed by atoms with E-state index in [-0.39, 0.29) is 23.5 Å². The molecule has 1 fully saturated rings. The molecular formula is C13H21N3O2.